The van der Waals surface area contributed by atoms with Crippen LogP contribution in [-0.4, -0.2) is 0 Å². The zero-order valence-electron chi connectivity index (χ0n) is 49.2. The van der Waals surface area contributed by atoms with Gasteiger partial charge in [0.25, 0.3) is 0 Å². The van der Waals surface area contributed by atoms with Crippen LogP contribution in [0.25, 0.3) is 45.5 Å². The van der Waals surface area contributed by atoms with Gasteiger partial charge in [-0.05, 0) is 201 Å². The number of benzene rings is 12. The fourth-order valence-corrected chi connectivity index (χ4v) is 14.1. The van der Waals surface area contributed by atoms with E-state index >= 15 is 17.6 Å². The molecule has 0 amide bonds. The summed E-state index contributed by atoms with van der Waals surface area (Å²) in [5, 5.41) is 0. The summed E-state index contributed by atoms with van der Waals surface area (Å²) >= 11 is 0. The van der Waals surface area contributed by atoms with E-state index in [0.29, 0.717) is 22.7 Å². The molecule has 12 aromatic rings. The normalized spacial score (nSPS) is 15.2. The van der Waals surface area contributed by atoms with Crippen molar-refractivity contribution in [3.63, 3.8) is 0 Å². The third-order valence-corrected chi connectivity index (χ3v) is 18.2. The molecule has 2 aliphatic carbocycles. The molecule has 0 N–H and O–H groups in total. The molecule has 2 aliphatic rings. The number of nitrogens with zero attached hydrogens (tertiary/aromatic N) is 2. The van der Waals surface area contributed by atoms with E-state index in [1.807, 2.05) is 72.8 Å². The highest BCUT2D eigenvalue weighted by molar-refractivity contribution is 5.92. The third kappa shape index (κ3) is 8.84. The minimum absolute atomic E-state index is 0.0530. The van der Waals surface area contributed by atoms with Crippen LogP contribution in [0, 0.1) is 51.0 Å². The second-order valence-electron chi connectivity index (χ2n) is 23.3. The molecule has 0 aliphatic heterocycles. The first-order valence-corrected chi connectivity index (χ1v) is 29.6. The maximum atomic E-state index is 16.6. The molecule has 6 heteroatoms. The zero-order chi connectivity index (χ0) is 60.6. The summed E-state index contributed by atoms with van der Waals surface area (Å²) in [6.07, 6.45) is 3.69. The Balaban J connectivity index is 0.885. The van der Waals surface area contributed by atoms with Gasteiger partial charge in [0.2, 0.25) is 0 Å². The summed E-state index contributed by atoms with van der Waals surface area (Å²) in [4.78, 5) is 3.57. The summed E-state index contributed by atoms with van der Waals surface area (Å²) in [5.74, 6) is -2.32. The van der Waals surface area contributed by atoms with E-state index in [1.165, 1.54) is 24.3 Å². The van der Waals surface area contributed by atoms with Crippen molar-refractivity contribution < 1.29 is 17.6 Å². The minimum Gasteiger partial charge on any atom is -0.308 e. The molecule has 0 spiro atoms. The predicted molar refractivity (Wildman–Crippen MR) is 355 cm³/mol. The van der Waals surface area contributed by atoms with Crippen LogP contribution in [-0.2, 0) is 10.8 Å². The average Bonchev–Trinajstić information content (AvgIpc) is 1.54. The molecule has 12 aromatic carbocycles. The highest BCUT2D eigenvalue weighted by Gasteiger charge is 2.49. The topological polar surface area (TPSA) is 6.48 Å². The van der Waals surface area contributed by atoms with Gasteiger partial charge in [0, 0.05) is 34.9 Å². The molecule has 426 valence electrons. The molecule has 0 saturated carbocycles. The zero-order valence-corrected chi connectivity index (χ0v) is 49.2. The summed E-state index contributed by atoms with van der Waals surface area (Å²) in [6.45, 7) is 16.6. The van der Waals surface area contributed by atoms with E-state index in [0.717, 1.165) is 123 Å². The first-order valence-electron chi connectivity index (χ1n) is 29.6. The van der Waals surface area contributed by atoms with E-state index in [1.54, 1.807) is 9.80 Å². The van der Waals surface area contributed by atoms with E-state index in [2.05, 4.69) is 199 Å². The van der Waals surface area contributed by atoms with Crippen molar-refractivity contribution in [1.29, 1.82) is 0 Å². The van der Waals surface area contributed by atoms with Crippen LogP contribution < -0.4 is 9.80 Å². The Morgan fingerprint density at radius 3 is 1.07 bits per heavy atom. The second-order valence-corrected chi connectivity index (χ2v) is 23.3. The number of anilines is 6. The van der Waals surface area contributed by atoms with E-state index in [-0.39, 0.29) is 11.4 Å². The number of hydrogen-bond donors (Lipinski definition) is 0. The lowest BCUT2D eigenvalue weighted by Crippen LogP contribution is -2.30. The van der Waals surface area contributed by atoms with Crippen molar-refractivity contribution in [1.82, 2.24) is 0 Å². The fraction of sp³-hybridized carbons (Fsp3) is 0.0732. The molecule has 2 unspecified atom stereocenters. The van der Waals surface area contributed by atoms with Crippen molar-refractivity contribution in [3.8, 4) is 33.4 Å². The minimum atomic E-state index is -0.786. The Kier molecular flexibility index (Phi) is 13.7. The lowest BCUT2D eigenvalue weighted by molar-refractivity contribution is 0.601. The highest BCUT2D eigenvalue weighted by atomic mass is 19.1. The van der Waals surface area contributed by atoms with Crippen molar-refractivity contribution in [3.05, 3.63) is 369 Å². The number of aryl methyl sites for hydroxylation is 4. The van der Waals surface area contributed by atoms with E-state index < -0.39 is 34.1 Å². The van der Waals surface area contributed by atoms with E-state index in [4.69, 9.17) is 0 Å². The van der Waals surface area contributed by atoms with Crippen LogP contribution in [0.1, 0.15) is 77.9 Å². The number of rotatable bonds is 13. The first kappa shape index (κ1) is 55.3. The van der Waals surface area contributed by atoms with Crippen molar-refractivity contribution in [2.75, 3.05) is 9.80 Å². The summed E-state index contributed by atoms with van der Waals surface area (Å²) in [6, 6.07) is 82.5. The molecular formula is C82H60F4N2. The standard InChI is InChI=1S/C82H60F4N2/c1-7-55-21-29-59(30-22-55)81(73-45-51(3)17-19-53(73)5)71-15-11-9-13-67(71)69-41-39-65(49-75(69)81)87(79-47-61(83)33-43-77(79)85)63-35-25-57(26-36-63)58-27-37-64(38-28-58)88(80-48-62(84)34-44-78(80)86)66-40-42-70-68-14-10-12-16-72(68)82(76(70)50-66,60-31-23-56(8-2)24-32-60)74-46-52(4)18-20-54(74)6/h7-50H,1-2H2,3-6H3. The largest absolute Gasteiger partial charge is 0.308 e. The number of halogens is 4. The summed E-state index contributed by atoms with van der Waals surface area (Å²) < 4.78 is 64.3. The predicted octanol–water partition coefficient (Wildman–Crippen LogP) is 22.1. The molecule has 2 atom stereocenters. The Bertz CT molecular complexity index is 4450. The first-order chi connectivity index (χ1) is 42.8. The Morgan fingerprint density at radius 2 is 0.682 bits per heavy atom. The molecule has 14 rings (SSSR count). The monoisotopic (exact) mass is 1150 g/mol. The molecule has 0 aromatic heterocycles. The van der Waals surface area contributed by atoms with Gasteiger partial charge in [-0.1, -0.05) is 206 Å². The quantitative estimate of drug-likeness (QED) is 0.106. The molecule has 0 fully saturated rings. The molecule has 2 nitrogen and oxygen atoms in total. The second kappa shape index (κ2) is 21.7. The maximum absolute atomic E-state index is 16.6. The van der Waals surface area contributed by atoms with E-state index in [9.17, 15) is 0 Å². The summed E-state index contributed by atoms with van der Waals surface area (Å²) in [5.41, 5.74) is 22.2. The van der Waals surface area contributed by atoms with Crippen molar-refractivity contribution in [2.45, 2.75) is 38.5 Å². The summed E-state index contributed by atoms with van der Waals surface area (Å²) in [7, 11) is 0. The molecule has 88 heavy (non-hydrogen) atoms. The van der Waals surface area contributed by atoms with Gasteiger partial charge in [-0.2, -0.15) is 0 Å². The lowest BCUT2D eigenvalue weighted by Gasteiger charge is -2.36. The lowest BCUT2D eigenvalue weighted by atomic mass is 9.66. The number of fused-ring (bicyclic) bond motifs is 6. The molecular weight excluding hydrogens is 1090 g/mol. The molecule has 0 radical (unpaired) electrons. The van der Waals surface area contributed by atoms with Gasteiger partial charge in [-0.25, -0.2) is 17.6 Å². The third-order valence-electron chi connectivity index (χ3n) is 18.2. The SMILES string of the molecule is C=Cc1ccc(C2(c3cc(C)ccc3C)c3ccccc3-c3ccc(N(c4ccc(-c5ccc(N(c6ccc7c(c6)C(c6ccc(C=C)cc6)(c6cc(C)ccc6C)c6ccccc6-7)c6cc(F)ccc6F)cc5)cc4)c4cc(F)ccc4F)cc32)cc1. The van der Waals surface area contributed by atoms with Gasteiger partial charge in [-0.3, -0.25) is 0 Å². The van der Waals surface area contributed by atoms with Crippen LogP contribution in [0.4, 0.5) is 51.7 Å². The molecule has 0 saturated heterocycles. The van der Waals surface area contributed by atoms with Crippen LogP contribution in [0.3, 0.4) is 0 Å². The smallest absolute Gasteiger partial charge is 0.147 e. The molecule has 0 bridgehead atoms. The van der Waals surface area contributed by atoms with Crippen molar-refractivity contribution in [2.24, 2.45) is 0 Å². The fourth-order valence-electron chi connectivity index (χ4n) is 14.1. The van der Waals surface area contributed by atoms with Gasteiger partial charge in [-0.15, -0.1) is 0 Å². The maximum Gasteiger partial charge on any atom is 0.147 e. The Morgan fingerprint density at radius 1 is 0.318 bits per heavy atom. The van der Waals surface area contributed by atoms with Gasteiger partial charge >= 0.3 is 0 Å². The van der Waals surface area contributed by atoms with Crippen LogP contribution >= 0.6 is 0 Å². The van der Waals surface area contributed by atoms with Crippen LogP contribution in [0.15, 0.2) is 268 Å². The number of hydrogen-bond acceptors (Lipinski definition) is 2. The highest BCUT2D eigenvalue weighted by Crippen LogP contribution is 2.60. The van der Waals surface area contributed by atoms with Gasteiger partial charge in [0.1, 0.15) is 23.3 Å². The Labute approximate surface area is 511 Å². The molecule has 0 heterocycles. The Hall–Kier alpha value is -10.6. The van der Waals surface area contributed by atoms with Crippen molar-refractivity contribution >= 4 is 46.3 Å². The van der Waals surface area contributed by atoms with Gasteiger partial charge in [0.05, 0.1) is 22.2 Å². The van der Waals surface area contributed by atoms with Crippen LogP contribution in [0.5, 0.6) is 0 Å². The van der Waals surface area contributed by atoms with Gasteiger partial charge in [0.15, 0.2) is 0 Å². The van der Waals surface area contributed by atoms with Gasteiger partial charge < -0.3 is 9.80 Å². The van der Waals surface area contributed by atoms with Crippen LogP contribution in [0.2, 0.25) is 0 Å². The average molecular weight is 1150 g/mol.